The van der Waals surface area contributed by atoms with Gasteiger partial charge in [-0.1, -0.05) is 49.4 Å². The Balaban J connectivity index is 1.50. The van der Waals surface area contributed by atoms with Crippen LogP contribution < -0.4 is 10.1 Å². The van der Waals surface area contributed by atoms with Crippen molar-refractivity contribution >= 4 is 32.6 Å². The molecule has 5 heteroatoms. The molecule has 0 aliphatic carbocycles. The number of amides is 1. The Morgan fingerprint density at radius 2 is 2.04 bits per heavy atom. The zero-order chi connectivity index (χ0) is 18.4. The topological polar surface area (TPSA) is 51.2 Å². The number of carbonyl (C=O) groups is 1. The van der Waals surface area contributed by atoms with E-state index >= 15 is 0 Å². The van der Waals surface area contributed by atoms with E-state index in [-0.39, 0.29) is 5.91 Å². The van der Waals surface area contributed by atoms with Gasteiger partial charge in [-0.2, -0.15) is 0 Å². The molecule has 4 nitrogen and oxygen atoms in total. The van der Waals surface area contributed by atoms with Crippen LogP contribution in [0.25, 0.3) is 10.2 Å². The number of thiazole rings is 1. The maximum atomic E-state index is 12.1. The van der Waals surface area contributed by atoms with Gasteiger partial charge in [0.2, 0.25) is 5.91 Å². The number of carbonyl (C=O) groups excluding carboxylic acids is 1. The fourth-order valence-electron chi connectivity index (χ4n) is 2.66. The number of fused-ring (bicyclic) bond motifs is 1. The summed E-state index contributed by atoms with van der Waals surface area (Å²) in [7, 11) is 0. The molecule has 1 heterocycles. The second kappa shape index (κ2) is 8.81. The Morgan fingerprint density at radius 3 is 2.81 bits per heavy atom. The summed E-state index contributed by atoms with van der Waals surface area (Å²) in [5.74, 6) is 1.34. The van der Waals surface area contributed by atoms with Gasteiger partial charge in [-0.15, -0.1) is 0 Å². The molecule has 2 aromatic carbocycles. The number of rotatable bonds is 8. The normalized spacial score (nSPS) is 12.1. The molecule has 0 radical (unpaired) electrons. The summed E-state index contributed by atoms with van der Waals surface area (Å²) in [6.07, 6.45) is 2.20. The fourth-order valence-corrected chi connectivity index (χ4v) is 3.59. The van der Waals surface area contributed by atoms with Gasteiger partial charge in [-0.25, -0.2) is 4.98 Å². The van der Waals surface area contributed by atoms with E-state index in [0.29, 0.717) is 30.5 Å². The summed E-state index contributed by atoms with van der Waals surface area (Å²) >= 11 is 1.53. The maximum absolute atomic E-state index is 12.1. The molecule has 1 unspecified atom stereocenters. The maximum Gasteiger partial charge on any atom is 0.226 e. The predicted molar refractivity (Wildman–Crippen MR) is 108 cm³/mol. The lowest BCUT2D eigenvalue weighted by Gasteiger charge is -2.07. The lowest BCUT2D eigenvalue weighted by Crippen LogP contribution is -2.12. The van der Waals surface area contributed by atoms with Gasteiger partial charge in [0.25, 0.3) is 0 Å². The van der Waals surface area contributed by atoms with E-state index in [1.165, 1.54) is 16.9 Å². The third kappa shape index (κ3) is 4.82. The van der Waals surface area contributed by atoms with Crippen molar-refractivity contribution in [1.82, 2.24) is 4.98 Å². The molecular weight excluding hydrogens is 344 g/mol. The molecule has 1 aromatic heterocycles. The molecule has 136 valence electrons. The average Bonchev–Trinajstić information content (AvgIpc) is 3.06. The molecule has 3 aromatic rings. The molecule has 0 fully saturated rings. The van der Waals surface area contributed by atoms with Crippen LogP contribution in [0.4, 0.5) is 5.13 Å². The van der Waals surface area contributed by atoms with Crippen LogP contribution in [0.5, 0.6) is 5.75 Å². The average molecular weight is 369 g/mol. The van der Waals surface area contributed by atoms with Gasteiger partial charge >= 0.3 is 0 Å². The van der Waals surface area contributed by atoms with Gasteiger partial charge in [0.05, 0.1) is 16.8 Å². The number of nitrogens with one attached hydrogen (secondary N) is 1. The number of para-hydroxylation sites is 1. The highest BCUT2D eigenvalue weighted by atomic mass is 32.1. The van der Waals surface area contributed by atoms with Crippen LogP contribution in [0.3, 0.4) is 0 Å². The second-order valence-electron chi connectivity index (χ2n) is 6.37. The molecule has 3 rings (SSSR count). The standard InChI is InChI=1S/C21H24N2O2S/c1-3-15(2)16-11-12-18-19(14-16)26-21(22-18)23-20(24)10-7-13-25-17-8-5-4-6-9-17/h4-6,8-9,11-12,14-15H,3,7,10,13H2,1-2H3,(H,22,23,24). The first-order valence-corrected chi connectivity index (χ1v) is 9.85. The van der Waals surface area contributed by atoms with Crippen LogP contribution in [0.1, 0.15) is 44.6 Å². The van der Waals surface area contributed by atoms with E-state index in [2.05, 4.69) is 36.3 Å². The van der Waals surface area contributed by atoms with Crippen molar-refractivity contribution in [3.63, 3.8) is 0 Å². The molecule has 0 aliphatic heterocycles. The zero-order valence-electron chi connectivity index (χ0n) is 15.2. The minimum absolute atomic E-state index is 0.0251. The Labute approximate surface area is 158 Å². The van der Waals surface area contributed by atoms with Crippen LogP contribution in [-0.2, 0) is 4.79 Å². The summed E-state index contributed by atoms with van der Waals surface area (Å²) in [6, 6.07) is 16.0. The molecule has 26 heavy (non-hydrogen) atoms. The second-order valence-corrected chi connectivity index (χ2v) is 7.40. The Kier molecular flexibility index (Phi) is 6.23. The molecule has 0 aliphatic rings. The monoisotopic (exact) mass is 368 g/mol. The highest BCUT2D eigenvalue weighted by molar-refractivity contribution is 7.22. The van der Waals surface area contributed by atoms with Crippen LogP contribution in [0.15, 0.2) is 48.5 Å². The van der Waals surface area contributed by atoms with Crippen molar-refractivity contribution in [3.8, 4) is 5.75 Å². The SMILES string of the molecule is CCC(C)c1ccc2nc(NC(=O)CCCOc3ccccc3)sc2c1. The number of hydrogen-bond donors (Lipinski definition) is 1. The van der Waals surface area contributed by atoms with E-state index in [4.69, 9.17) is 4.74 Å². The summed E-state index contributed by atoms with van der Waals surface area (Å²) < 4.78 is 6.72. The fraction of sp³-hybridized carbons (Fsp3) is 0.333. The van der Waals surface area contributed by atoms with E-state index < -0.39 is 0 Å². The summed E-state index contributed by atoms with van der Waals surface area (Å²) in [6.45, 7) is 4.94. The quantitative estimate of drug-likeness (QED) is 0.526. The lowest BCUT2D eigenvalue weighted by atomic mass is 9.99. The molecule has 0 bridgehead atoms. The zero-order valence-corrected chi connectivity index (χ0v) is 16.0. The molecular formula is C21H24N2O2S. The van der Waals surface area contributed by atoms with E-state index in [0.717, 1.165) is 22.4 Å². The van der Waals surface area contributed by atoms with E-state index in [1.54, 1.807) is 0 Å². The third-order valence-corrected chi connectivity index (χ3v) is 5.33. The Hall–Kier alpha value is -2.40. The van der Waals surface area contributed by atoms with E-state index in [1.807, 2.05) is 36.4 Å². The number of hydrogen-bond acceptors (Lipinski definition) is 4. The summed E-state index contributed by atoms with van der Waals surface area (Å²) in [5.41, 5.74) is 2.25. The lowest BCUT2D eigenvalue weighted by molar-refractivity contribution is -0.116. The highest BCUT2D eigenvalue weighted by Gasteiger charge is 2.10. The Morgan fingerprint density at radius 1 is 1.23 bits per heavy atom. The van der Waals surface area contributed by atoms with Crippen LogP contribution in [0, 0.1) is 0 Å². The Bertz CT molecular complexity index is 861. The first kappa shape index (κ1) is 18.4. The van der Waals surface area contributed by atoms with Gasteiger partial charge in [0.1, 0.15) is 5.75 Å². The third-order valence-electron chi connectivity index (χ3n) is 4.40. The first-order chi connectivity index (χ1) is 12.7. The van der Waals surface area contributed by atoms with Crippen molar-refractivity contribution < 1.29 is 9.53 Å². The van der Waals surface area contributed by atoms with Crippen LogP contribution in [0.2, 0.25) is 0 Å². The van der Waals surface area contributed by atoms with Crippen LogP contribution in [-0.4, -0.2) is 17.5 Å². The van der Waals surface area contributed by atoms with Crippen LogP contribution >= 0.6 is 11.3 Å². The molecule has 0 spiro atoms. The van der Waals surface area contributed by atoms with Crippen molar-refractivity contribution in [3.05, 3.63) is 54.1 Å². The van der Waals surface area contributed by atoms with Crippen molar-refractivity contribution in [2.45, 2.75) is 39.0 Å². The predicted octanol–water partition coefficient (Wildman–Crippen LogP) is 5.61. The first-order valence-electron chi connectivity index (χ1n) is 9.04. The summed E-state index contributed by atoms with van der Waals surface area (Å²) in [5, 5.41) is 3.57. The molecule has 1 amide bonds. The van der Waals surface area contributed by atoms with Gasteiger partial charge in [-0.05, 0) is 48.6 Å². The molecule has 1 atom stereocenters. The van der Waals surface area contributed by atoms with E-state index in [9.17, 15) is 4.79 Å². The molecule has 0 saturated heterocycles. The van der Waals surface area contributed by atoms with Gasteiger partial charge in [0.15, 0.2) is 5.13 Å². The number of benzene rings is 2. The van der Waals surface area contributed by atoms with Crippen molar-refractivity contribution in [1.29, 1.82) is 0 Å². The summed E-state index contributed by atoms with van der Waals surface area (Å²) in [4.78, 5) is 16.6. The van der Waals surface area contributed by atoms with Gasteiger partial charge in [0, 0.05) is 6.42 Å². The van der Waals surface area contributed by atoms with Crippen molar-refractivity contribution in [2.75, 3.05) is 11.9 Å². The largest absolute Gasteiger partial charge is 0.494 e. The van der Waals surface area contributed by atoms with Crippen molar-refractivity contribution in [2.24, 2.45) is 0 Å². The number of aromatic nitrogens is 1. The van der Waals surface area contributed by atoms with Gasteiger partial charge < -0.3 is 10.1 Å². The highest BCUT2D eigenvalue weighted by Crippen LogP contribution is 2.30. The number of nitrogens with zero attached hydrogens (tertiary/aromatic N) is 1. The molecule has 1 N–H and O–H groups in total. The minimum Gasteiger partial charge on any atom is -0.494 e. The smallest absolute Gasteiger partial charge is 0.226 e. The number of ether oxygens (including phenoxy) is 1. The molecule has 0 saturated carbocycles. The van der Waals surface area contributed by atoms with Gasteiger partial charge in [-0.3, -0.25) is 4.79 Å². The minimum atomic E-state index is -0.0251. The number of anilines is 1.